The van der Waals surface area contributed by atoms with Crippen LogP contribution in [0.4, 0.5) is 5.69 Å². The number of nitrogens with two attached hydrogens (primary N) is 1. The lowest BCUT2D eigenvalue weighted by Gasteiger charge is -2.21. The second kappa shape index (κ2) is 3.11. The molecule has 3 N–H and O–H groups in total. The molecule has 1 aromatic carbocycles. The first-order chi connectivity index (χ1) is 5.82. The number of phenols is 1. The molecule has 1 aromatic rings. The van der Waals surface area contributed by atoms with E-state index in [1.54, 1.807) is 6.07 Å². The molecule has 0 heterocycles. The number of halogens is 1. The van der Waals surface area contributed by atoms with Gasteiger partial charge in [0.2, 0.25) is 0 Å². The first kappa shape index (κ1) is 10.2. The number of hydrogen-bond acceptors (Lipinski definition) is 2. The quantitative estimate of drug-likeness (QED) is 0.632. The minimum atomic E-state index is -0.0541. The third-order valence-corrected chi connectivity index (χ3v) is 2.23. The van der Waals surface area contributed by atoms with Gasteiger partial charge in [0.25, 0.3) is 0 Å². The third kappa shape index (κ3) is 2.07. The molecule has 0 amide bonds. The van der Waals surface area contributed by atoms with E-state index in [0.29, 0.717) is 10.7 Å². The van der Waals surface area contributed by atoms with Gasteiger partial charge in [-0.2, -0.15) is 0 Å². The van der Waals surface area contributed by atoms with Gasteiger partial charge in [0.05, 0.1) is 5.02 Å². The summed E-state index contributed by atoms with van der Waals surface area (Å²) < 4.78 is 0. The summed E-state index contributed by atoms with van der Waals surface area (Å²) in [6.07, 6.45) is 0. The summed E-state index contributed by atoms with van der Waals surface area (Å²) in [7, 11) is 0. The molecule has 0 aliphatic heterocycles. The summed E-state index contributed by atoms with van der Waals surface area (Å²) >= 11 is 5.79. The third-order valence-electron chi connectivity index (χ3n) is 1.93. The van der Waals surface area contributed by atoms with E-state index in [1.165, 1.54) is 6.07 Å². The molecule has 0 fully saturated rings. The van der Waals surface area contributed by atoms with Crippen molar-refractivity contribution in [2.24, 2.45) is 0 Å². The Morgan fingerprint density at radius 1 is 1.31 bits per heavy atom. The SMILES string of the molecule is CC(C)(C)c1cc(Cl)c(O)cc1N. The van der Waals surface area contributed by atoms with Gasteiger partial charge in [0.1, 0.15) is 5.75 Å². The van der Waals surface area contributed by atoms with Crippen LogP contribution in [0.3, 0.4) is 0 Å². The molecule has 0 saturated carbocycles. The number of benzene rings is 1. The number of hydrogen-bond donors (Lipinski definition) is 2. The van der Waals surface area contributed by atoms with Crippen molar-refractivity contribution in [3.05, 3.63) is 22.7 Å². The highest BCUT2D eigenvalue weighted by molar-refractivity contribution is 6.32. The second-order valence-corrected chi connectivity index (χ2v) is 4.55. The first-order valence-electron chi connectivity index (χ1n) is 4.11. The van der Waals surface area contributed by atoms with Crippen LogP contribution >= 0.6 is 11.6 Å². The molecule has 0 radical (unpaired) electrons. The Morgan fingerprint density at radius 3 is 2.31 bits per heavy atom. The molecular formula is C10H14ClNO. The standard InChI is InChI=1S/C10H14ClNO/c1-10(2,3)6-4-7(11)9(13)5-8(6)12/h4-5,13H,12H2,1-3H3. The van der Waals surface area contributed by atoms with E-state index in [9.17, 15) is 5.11 Å². The van der Waals surface area contributed by atoms with Crippen LogP contribution in [0.15, 0.2) is 12.1 Å². The van der Waals surface area contributed by atoms with Crippen molar-refractivity contribution in [3.8, 4) is 5.75 Å². The topological polar surface area (TPSA) is 46.2 Å². The maximum Gasteiger partial charge on any atom is 0.136 e. The van der Waals surface area contributed by atoms with Crippen LogP contribution in [-0.2, 0) is 5.41 Å². The zero-order valence-corrected chi connectivity index (χ0v) is 8.81. The van der Waals surface area contributed by atoms with Gasteiger partial charge in [-0.15, -0.1) is 0 Å². The Hall–Kier alpha value is -0.890. The molecule has 13 heavy (non-hydrogen) atoms. The molecular weight excluding hydrogens is 186 g/mol. The van der Waals surface area contributed by atoms with Crippen LogP contribution in [0.2, 0.25) is 5.02 Å². The van der Waals surface area contributed by atoms with Crippen molar-refractivity contribution >= 4 is 17.3 Å². The van der Waals surface area contributed by atoms with E-state index in [1.807, 2.05) is 20.8 Å². The Labute approximate surface area is 83.3 Å². The van der Waals surface area contributed by atoms with Gasteiger partial charge in [0.15, 0.2) is 0 Å². The Bertz CT molecular complexity index is 328. The van der Waals surface area contributed by atoms with Crippen LogP contribution in [0.25, 0.3) is 0 Å². The molecule has 0 bridgehead atoms. The van der Waals surface area contributed by atoms with Crippen LogP contribution in [0.5, 0.6) is 5.75 Å². The van der Waals surface area contributed by atoms with Crippen molar-refractivity contribution in [2.45, 2.75) is 26.2 Å². The summed E-state index contributed by atoms with van der Waals surface area (Å²) in [4.78, 5) is 0. The summed E-state index contributed by atoms with van der Waals surface area (Å²) in [6.45, 7) is 6.14. The van der Waals surface area contributed by atoms with E-state index >= 15 is 0 Å². The van der Waals surface area contributed by atoms with Crippen LogP contribution < -0.4 is 5.73 Å². The molecule has 0 saturated heterocycles. The normalized spacial score (nSPS) is 11.7. The molecule has 0 aromatic heterocycles. The van der Waals surface area contributed by atoms with E-state index in [0.717, 1.165) is 5.56 Å². The lowest BCUT2D eigenvalue weighted by Crippen LogP contribution is -2.13. The highest BCUT2D eigenvalue weighted by Gasteiger charge is 2.18. The summed E-state index contributed by atoms with van der Waals surface area (Å²) in [5.41, 5.74) is 7.24. The molecule has 0 atom stereocenters. The van der Waals surface area contributed by atoms with E-state index < -0.39 is 0 Å². The average molecular weight is 200 g/mol. The van der Waals surface area contributed by atoms with Crippen LogP contribution in [0, 0.1) is 0 Å². The number of anilines is 1. The Balaban J connectivity index is 3.32. The number of nitrogen functional groups attached to an aromatic ring is 1. The Kier molecular flexibility index (Phi) is 2.44. The highest BCUT2D eigenvalue weighted by atomic mass is 35.5. The molecule has 1 rings (SSSR count). The fraction of sp³-hybridized carbons (Fsp3) is 0.400. The van der Waals surface area contributed by atoms with E-state index in [2.05, 4.69) is 0 Å². The van der Waals surface area contributed by atoms with Gasteiger partial charge in [-0.3, -0.25) is 0 Å². The molecule has 0 spiro atoms. The summed E-state index contributed by atoms with van der Waals surface area (Å²) in [6, 6.07) is 3.20. The number of rotatable bonds is 0. The van der Waals surface area contributed by atoms with E-state index in [4.69, 9.17) is 17.3 Å². The minimum Gasteiger partial charge on any atom is -0.506 e. The molecule has 72 valence electrons. The van der Waals surface area contributed by atoms with Gasteiger partial charge in [-0.25, -0.2) is 0 Å². The van der Waals surface area contributed by atoms with Crippen molar-refractivity contribution in [1.82, 2.24) is 0 Å². The fourth-order valence-electron chi connectivity index (χ4n) is 1.23. The summed E-state index contributed by atoms with van der Waals surface area (Å²) in [5, 5.41) is 9.62. The maximum absolute atomic E-state index is 9.28. The largest absolute Gasteiger partial charge is 0.506 e. The van der Waals surface area contributed by atoms with Crippen LogP contribution in [0.1, 0.15) is 26.3 Å². The van der Waals surface area contributed by atoms with E-state index in [-0.39, 0.29) is 11.2 Å². The van der Waals surface area contributed by atoms with Gasteiger partial charge >= 0.3 is 0 Å². The van der Waals surface area contributed by atoms with Gasteiger partial charge in [0, 0.05) is 11.8 Å². The molecule has 0 unspecified atom stereocenters. The molecule has 3 heteroatoms. The maximum atomic E-state index is 9.28. The lowest BCUT2D eigenvalue weighted by atomic mass is 9.86. The Morgan fingerprint density at radius 2 is 1.85 bits per heavy atom. The van der Waals surface area contributed by atoms with Crippen molar-refractivity contribution in [1.29, 1.82) is 0 Å². The van der Waals surface area contributed by atoms with Gasteiger partial charge in [-0.05, 0) is 17.0 Å². The second-order valence-electron chi connectivity index (χ2n) is 4.14. The van der Waals surface area contributed by atoms with Crippen molar-refractivity contribution < 1.29 is 5.11 Å². The summed E-state index contributed by atoms with van der Waals surface area (Å²) in [5.74, 6) is 0.0344. The predicted molar refractivity (Wildman–Crippen MR) is 56.2 cm³/mol. The van der Waals surface area contributed by atoms with Gasteiger partial charge < -0.3 is 10.8 Å². The highest BCUT2D eigenvalue weighted by Crippen LogP contribution is 2.35. The fourth-order valence-corrected chi connectivity index (χ4v) is 1.39. The van der Waals surface area contributed by atoms with Gasteiger partial charge in [-0.1, -0.05) is 32.4 Å². The predicted octanol–water partition coefficient (Wildman–Crippen LogP) is 2.93. The zero-order chi connectivity index (χ0) is 10.2. The van der Waals surface area contributed by atoms with Crippen LogP contribution in [-0.4, -0.2) is 5.11 Å². The zero-order valence-electron chi connectivity index (χ0n) is 8.06. The van der Waals surface area contributed by atoms with Crippen molar-refractivity contribution in [2.75, 3.05) is 5.73 Å². The molecule has 2 nitrogen and oxygen atoms in total. The smallest absolute Gasteiger partial charge is 0.136 e. The molecule has 0 aliphatic rings. The number of aromatic hydroxyl groups is 1. The average Bonchev–Trinajstić information content (AvgIpc) is 1.94. The monoisotopic (exact) mass is 199 g/mol. The first-order valence-corrected chi connectivity index (χ1v) is 4.48. The van der Waals surface area contributed by atoms with Crippen molar-refractivity contribution in [3.63, 3.8) is 0 Å². The lowest BCUT2D eigenvalue weighted by molar-refractivity contribution is 0.475. The number of phenolic OH excluding ortho intramolecular Hbond substituents is 1. The molecule has 0 aliphatic carbocycles. The minimum absolute atomic E-state index is 0.0344.